The van der Waals surface area contributed by atoms with Gasteiger partial charge < -0.3 is 11.5 Å². The number of halogens is 4. The number of rotatable bonds is 5. The summed E-state index contributed by atoms with van der Waals surface area (Å²) in [6.07, 6.45) is -5.07. The van der Waals surface area contributed by atoms with Crippen molar-refractivity contribution in [2.24, 2.45) is 11.5 Å². The summed E-state index contributed by atoms with van der Waals surface area (Å²) in [4.78, 5) is 32.8. The third-order valence-electron chi connectivity index (χ3n) is 5.40. The quantitative estimate of drug-likeness (QED) is 0.404. The van der Waals surface area contributed by atoms with Gasteiger partial charge in [0.25, 0.3) is 5.91 Å². The third kappa shape index (κ3) is 4.09. The van der Waals surface area contributed by atoms with E-state index in [-0.39, 0.29) is 29.1 Å². The molecule has 0 bridgehead atoms. The number of amides is 2. The van der Waals surface area contributed by atoms with Crippen LogP contribution in [0.5, 0.6) is 0 Å². The summed E-state index contributed by atoms with van der Waals surface area (Å²) >= 11 is 0. The van der Waals surface area contributed by atoms with Gasteiger partial charge in [0, 0.05) is 22.2 Å². The number of benzene rings is 1. The number of pyridine rings is 2. The predicted octanol–water partition coefficient (Wildman–Crippen LogP) is 3.08. The highest BCUT2D eigenvalue weighted by Gasteiger charge is 2.41. The lowest BCUT2D eigenvalue weighted by Gasteiger charge is -2.16. The van der Waals surface area contributed by atoms with E-state index in [0.717, 1.165) is 10.7 Å². The topological polar surface area (TPSA) is 154 Å². The first-order valence-electron chi connectivity index (χ1n) is 10.2. The van der Waals surface area contributed by atoms with Crippen LogP contribution in [0, 0.1) is 24.1 Å². The number of carbonyl (C=O) groups is 2. The zero-order chi connectivity index (χ0) is 26.4. The van der Waals surface area contributed by atoms with Gasteiger partial charge in [-0.1, -0.05) is 12.1 Å². The van der Waals surface area contributed by atoms with Crippen LogP contribution in [-0.2, 0) is 12.7 Å². The minimum atomic E-state index is -5.07. The van der Waals surface area contributed by atoms with Crippen molar-refractivity contribution in [3.8, 4) is 17.2 Å². The van der Waals surface area contributed by atoms with Crippen LogP contribution >= 0.6 is 0 Å². The van der Waals surface area contributed by atoms with Gasteiger partial charge in [-0.25, -0.2) is 14.4 Å². The molecule has 0 aliphatic carbocycles. The molecule has 0 saturated heterocycles. The number of nitriles is 1. The SMILES string of the molecule is Cc1c(-c2c(C(N)=O)nc3cccc(F)c3c2C(N)=O)c(C(F)(F)F)nn1Cc1cccc(C#N)n1. The molecule has 4 N–H and O–H groups in total. The number of fused-ring (bicyclic) bond motifs is 1. The highest BCUT2D eigenvalue weighted by atomic mass is 19.4. The van der Waals surface area contributed by atoms with E-state index in [9.17, 15) is 27.2 Å². The van der Waals surface area contributed by atoms with Crippen LogP contribution in [0.4, 0.5) is 17.6 Å². The van der Waals surface area contributed by atoms with Crippen LogP contribution in [0.25, 0.3) is 22.0 Å². The summed E-state index contributed by atoms with van der Waals surface area (Å²) in [7, 11) is 0. The largest absolute Gasteiger partial charge is 0.435 e. The van der Waals surface area contributed by atoms with Crippen molar-refractivity contribution in [3.05, 3.63) is 76.2 Å². The van der Waals surface area contributed by atoms with E-state index in [1.807, 2.05) is 6.07 Å². The number of carbonyl (C=O) groups excluding carboxylic acids is 2. The fraction of sp³-hybridized carbons (Fsp3) is 0.130. The smallest absolute Gasteiger partial charge is 0.366 e. The lowest BCUT2D eigenvalue weighted by Crippen LogP contribution is -2.22. The van der Waals surface area contributed by atoms with Crippen molar-refractivity contribution in [3.63, 3.8) is 0 Å². The molecule has 36 heavy (non-hydrogen) atoms. The molecule has 3 aromatic heterocycles. The molecule has 1 aromatic carbocycles. The molecule has 0 fully saturated rings. The van der Waals surface area contributed by atoms with E-state index < -0.39 is 57.3 Å². The molecule has 0 atom stereocenters. The van der Waals surface area contributed by atoms with Crippen molar-refractivity contribution in [2.75, 3.05) is 0 Å². The number of nitrogens with zero attached hydrogens (tertiary/aromatic N) is 5. The van der Waals surface area contributed by atoms with Gasteiger partial charge in [-0.3, -0.25) is 14.3 Å². The molecule has 0 spiro atoms. The molecule has 182 valence electrons. The van der Waals surface area contributed by atoms with Crippen molar-refractivity contribution in [1.82, 2.24) is 19.7 Å². The number of alkyl halides is 3. The first-order valence-corrected chi connectivity index (χ1v) is 10.2. The fourth-order valence-electron chi connectivity index (χ4n) is 3.92. The van der Waals surface area contributed by atoms with E-state index in [1.165, 1.54) is 37.3 Å². The Bertz CT molecular complexity index is 1600. The predicted molar refractivity (Wildman–Crippen MR) is 118 cm³/mol. The molecule has 0 aliphatic heterocycles. The van der Waals surface area contributed by atoms with Crippen LogP contribution < -0.4 is 11.5 Å². The van der Waals surface area contributed by atoms with Crippen LogP contribution in [0.3, 0.4) is 0 Å². The lowest BCUT2D eigenvalue weighted by molar-refractivity contribution is -0.141. The maximum absolute atomic E-state index is 14.8. The Kier molecular flexibility index (Phi) is 5.89. The molecule has 4 rings (SSSR count). The van der Waals surface area contributed by atoms with E-state index in [1.54, 1.807) is 0 Å². The molecular weight excluding hydrogens is 482 g/mol. The van der Waals surface area contributed by atoms with Crippen LogP contribution in [0.2, 0.25) is 0 Å². The highest BCUT2D eigenvalue weighted by Crippen LogP contribution is 2.42. The Balaban J connectivity index is 2.11. The summed E-state index contributed by atoms with van der Waals surface area (Å²) in [5, 5.41) is 12.2. The Morgan fingerprint density at radius 1 is 1.06 bits per heavy atom. The van der Waals surface area contributed by atoms with Gasteiger partial charge in [0.15, 0.2) is 5.69 Å². The van der Waals surface area contributed by atoms with Crippen LogP contribution in [-0.4, -0.2) is 31.6 Å². The highest BCUT2D eigenvalue weighted by molar-refractivity contribution is 6.15. The Morgan fingerprint density at radius 3 is 2.36 bits per heavy atom. The minimum Gasteiger partial charge on any atom is -0.366 e. The summed E-state index contributed by atoms with van der Waals surface area (Å²) in [6, 6.07) is 9.69. The Labute approximate surface area is 200 Å². The van der Waals surface area contributed by atoms with E-state index in [4.69, 9.17) is 16.7 Å². The molecule has 0 unspecified atom stereocenters. The number of aromatic nitrogens is 4. The standard InChI is InChI=1S/C23H15F4N7O2/c1-10-15(20(23(25,26)27)33-34(10)9-12-5-2-4-11(8-28)31-12)17-18(21(29)35)16-13(24)6-3-7-14(16)32-19(17)22(30)36/h2-7H,9H2,1H3,(H2,29,35)(H2,30,36). The molecule has 4 aromatic rings. The van der Waals surface area contributed by atoms with Crippen molar-refractivity contribution >= 4 is 22.7 Å². The first-order chi connectivity index (χ1) is 16.9. The van der Waals surface area contributed by atoms with Gasteiger partial charge in [-0.2, -0.15) is 23.5 Å². The molecule has 3 heterocycles. The number of primary amides is 2. The van der Waals surface area contributed by atoms with Gasteiger partial charge in [0.05, 0.1) is 23.3 Å². The third-order valence-corrected chi connectivity index (χ3v) is 5.40. The van der Waals surface area contributed by atoms with Gasteiger partial charge in [0.1, 0.15) is 23.3 Å². The molecule has 0 saturated carbocycles. The zero-order valence-electron chi connectivity index (χ0n) is 18.4. The van der Waals surface area contributed by atoms with E-state index in [0.29, 0.717) is 0 Å². The van der Waals surface area contributed by atoms with Gasteiger partial charge in [0.2, 0.25) is 5.91 Å². The number of hydrogen-bond acceptors (Lipinski definition) is 6. The molecule has 9 nitrogen and oxygen atoms in total. The van der Waals surface area contributed by atoms with Gasteiger partial charge >= 0.3 is 6.18 Å². The normalized spacial score (nSPS) is 11.4. The van der Waals surface area contributed by atoms with Crippen molar-refractivity contribution in [1.29, 1.82) is 5.26 Å². The maximum atomic E-state index is 14.8. The maximum Gasteiger partial charge on any atom is 0.435 e. The van der Waals surface area contributed by atoms with Gasteiger partial charge in [-0.15, -0.1) is 0 Å². The van der Waals surface area contributed by atoms with Crippen LogP contribution in [0.1, 0.15) is 43.6 Å². The summed E-state index contributed by atoms with van der Waals surface area (Å²) in [5.41, 5.74) is 6.56. The lowest BCUT2D eigenvalue weighted by atomic mass is 9.91. The molecule has 0 radical (unpaired) electrons. The number of hydrogen-bond donors (Lipinski definition) is 2. The molecule has 13 heteroatoms. The van der Waals surface area contributed by atoms with Gasteiger partial charge in [-0.05, 0) is 31.2 Å². The zero-order valence-corrected chi connectivity index (χ0v) is 18.4. The fourth-order valence-corrected chi connectivity index (χ4v) is 3.92. The second kappa shape index (κ2) is 8.73. The molecule has 2 amide bonds. The summed E-state index contributed by atoms with van der Waals surface area (Å²) < 4.78 is 58.3. The van der Waals surface area contributed by atoms with Crippen LogP contribution in [0.15, 0.2) is 36.4 Å². The monoisotopic (exact) mass is 497 g/mol. The van der Waals surface area contributed by atoms with Crippen molar-refractivity contribution in [2.45, 2.75) is 19.6 Å². The number of nitrogens with two attached hydrogens (primary N) is 2. The second-order valence-electron chi connectivity index (χ2n) is 7.66. The minimum absolute atomic E-state index is 0.0369. The second-order valence-corrected chi connectivity index (χ2v) is 7.66. The average Bonchev–Trinajstić information content (AvgIpc) is 3.14. The summed E-state index contributed by atoms with van der Waals surface area (Å²) in [5.74, 6) is -3.54. The Hall–Kier alpha value is -4.86. The van der Waals surface area contributed by atoms with E-state index in [2.05, 4.69) is 15.1 Å². The molecular formula is C23H15F4N7O2. The van der Waals surface area contributed by atoms with E-state index >= 15 is 0 Å². The summed E-state index contributed by atoms with van der Waals surface area (Å²) in [6.45, 7) is 0.963. The Morgan fingerprint density at radius 2 is 1.75 bits per heavy atom. The van der Waals surface area contributed by atoms with Crippen molar-refractivity contribution < 1.29 is 27.2 Å². The molecule has 0 aliphatic rings. The first kappa shape index (κ1) is 24.3. The average molecular weight is 497 g/mol.